The largest absolute Gasteiger partial charge is 0.364 e. The number of ketones is 1. The van der Waals surface area contributed by atoms with Crippen LogP contribution in [0.2, 0.25) is 0 Å². The van der Waals surface area contributed by atoms with Crippen LogP contribution in [0.3, 0.4) is 0 Å². The number of thioether (sulfide) groups is 1. The Morgan fingerprint density at radius 3 is 2.92 bits per heavy atom. The van der Waals surface area contributed by atoms with E-state index in [2.05, 4.69) is 19.2 Å². The van der Waals surface area contributed by atoms with Crippen molar-refractivity contribution in [2.75, 3.05) is 0 Å². The Morgan fingerprint density at radius 1 is 1.54 bits per heavy atom. The van der Waals surface area contributed by atoms with Crippen molar-refractivity contribution in [2.45, 2.75) is 32.2 Å². The first-order valence-corrected chi connectivity index (χ1v) is 5.31. The van der Waals surface area contributed by atoms with Gasteiger partial charge in [-0.1, -0.05) is 25.6 Å². The molecule has 1 atom stereocenters. The molecule has 0 radical (unpaired) electrons. The van der Waals surface area contributed by atoms with E-state index in [-0.39, 0.29) is 16.7 Å². The van der Waals surface area contributed by atoms with Gasteiger partial charge in [-0.15, -0.1) is 0 Å². The van der Waals surface area contributed by atoms with E-state index in [1.807, 2.05) is 0 Å². The number of carbonyl (C=O) groups is 1. The van der Waals surface area contributed by atoms with Crippen LogP contribution in [0.1, 0.15) is 26.7 Å². The van der Waals surface area contributed by atoms with Gasteiger partial charge in [-0.2, -0.15) is 0 Å². The molecule has 2 aliphatic rings. The number of hydrogen-bond donors (Lipinski definition) is 2. The Kier molecular flexibility index (Phi) is 1.92. The number of carbonyl (C=O) groups excluding carboxylic acids is 1. The molecule has 3 nitrogen and oxygen atoms in total. The first-order chi connectivity index (χ1) is 5.98. The van der Waals surface area contributed by atoms with E-state index in [0.29, 0.717) is 6.42 Å². The Balaban J connectivity index is 2.28. The third kappa shape index (κ3) is 1.60. The fourth-order valence-electron chi connectivity index (χ4n) is 1.89. The Hall–Kier alpha value is -0.480. The molecule has 0 fully saturated rings. The molecule has 4 heteroatoms. The van der Waals surface area contributed by atoms with Gasteiger partial charge >= 0.3 is 0 Å². The highest BCUT2D eigenvalue weighted by Crippen LogP contribution is 2.43. The molecule has 0 amide bonds. The van der Waals surface area contributed by atoms with E-state index in [0.717, 1.165) is 17.0 Å². The molecular formula is C9H14N2OS. The zero-order valence-corrected chi connectivity index (χ0v) is 8.70. The predicted molar refractivity (Wildman–Crippen MR) is 53.8 cm³/mol. The third-order valence-electron chi connectivity index (χ3n) is 2.38. The van der Waals surface area contributed by atoms with Gasteiger partial charge in [-0.3, -0.25) is 4.79 Å². The number of nitrogens with one attached hydrogen (secondary N) is 1. The molecule has 3 N–H and O–H groups in total. The van der Waals surface area contributed by atoms with Crippen LogP contribution < -0.4 is 11.1 Å². The second kappa shape index (κ2) is 2.75. The molecule has 0 aromatic heterocycles. The molecule has 1 unspecified atom stereocenters. The number of Topliss-reactive ketones (excluding diaryl/α,β-unsaturated/α-hetero) is 1. The SMILES string of the molecule is CC1(C)CC(=O)C2=C(C1)NC(N)S2. The first-order valence-electron chi connectivity index (χ1n) is 4.43. The van der Waals surface area contributed by atoms with Crippen molar-refractivity contribution in [1.29, 1.82) is 0 Å². The Morgan fingerprint density at radius 2 is 2.23 bits per heavy atom. The van der Waals surface area contributed by atoms with Crippen LogP contribution in [-0.4, -0.2) is 11.3 Å². The van der Waals surface area contributed by atoms with Gasteiger partial charge in [0.05, 0.1) is 4.91 Å². The molecule has 13 heavy (non-hydrogen) atoms. The molecule has 0 bridgehead atoms. The molecule has 0 spiro atoms. The van der Waals surface area contributed by atoms with Crippen LogP contribution in [0.15, 0.2) is 10.6 Å². The van der Waals surface area contributed by atoms with Crippen LogP contribution in [0.4, 0.5) is 0 Å². The highest BCUT2D eigenvalue weighted by Gasteiger charge is 2.37. The summed E-state index contributed by atoms with van der Waals surface area (Å²) in [7, 11) is 0. The van der Waals surface area contributed by atoms with Gasteiger partial charge in [-0.05, 0) is 11.8 Å². The van der Waals surface area contributed by atoms with Gasteiger partial charge in [-0.25, -0.2) is 0 Å². The van der Waals surface area contributed by atoms with Gasteiger partial charge in [0.15, 0.2) is 5.78 Å². The van der Waals surface area contributed by atoms with Crippen molar-refractivity contribution in [1.82, 2.24) is 5.32 Å². The first kappa shape index (κ1) is 9.09. The van der Waals surface area contributed by atoms with E-state index in [4.69, 9.17) is 5.73 Å². The Labute approximate surface area is 82.1 Å². The molecule has 0 saturated carbocycles. The van der Waals surface area contributed by atoms with Gasteiger partial charge in [0.25, 0.3) is 0 Å². The van der Waals surface area contributed by atoms with Crippen LogP contribution in [0.25, 0.3) is 0 Å². The van der Waals surface area contributed by atoms with E-state index in [1.54, 1.807) is 0 Å². The highest BCUT2D eigenvalue weighted by molar-refractivity contribution is 8.04. The summed E-state index contributed by atoms with van der Waals surface area (Å²) in [6.45, 7) is 4.23. The van der Waals surface area contributed by atoms with Crippen molar-refractivity contribution in [3.05, 3.63) is 10.6 Å². The van der Waals surface area contributed by atoms with Crippen molar-refractivity contribution < 1.29 is 4.79 Å². The Bertz CT molecular complexity index is 296. The van der Waals surface area contributed by atoms with Crippen molar-refractivity contribution in [2.24, 2.45) is 11.1 Å². The predicted octanol–water partition coefficient (Wildman–Crippen LogP) is 1.17. The number of allylic oxidation sites excluding steroid dienone is 2. The second-order valence-corrected chi connectivity index (χ2v) is 5.58. The molecule has 2 rings (SSSR count). The van der Waals surface area contributed by atoms with Crippen molar-refractivity contribution in [3.63, 3.8) is 0 Å². The number of hydrogen-bond acceptors (Lipinski definition) is 4. The average Bonchev–Trinajstić information content (AvgIpc) is 2.27. The summed E-state index contributed by atoms with van der Waals surface area (Å²) in [5.41, 5.74) is 6.73. The second-order valence-electron chi connectivity index (χ2n) is 4.43. The lowest BCUT2D eigenvalue weighted by atomic mass is 9.79. The van der Waals surface area contributed by atoms with Gasteiger partial charge in [0, 0.05) is 12.1 Å². The fourth-order valence-corrected chi connectivity index (χ4v) is 2.82. The summed E-state index contributed by atoms with van der Waals surface area (Å²) in [6.07, 6.45) is 1.59. The maximum Gasteiger partial charge on any atom is 0.171 e. The zero-order valence-electron chi connectivity index (χ0n) is 7.89. The standard InChI is InChI=1S/C9H14N2OS/c1-9(2)3-5-7(6(12)4-9)13-8(10)11-5/h8,11H,3-4,10H2,1-2H3. The molecule has 0 aromatic rings. The minimum absolute atomic E-state index is 0.0908. The smallest absolute Gasteiger partial charge is 0.171 e. The summed E-state index contributed by atoms with van der Waals surface area (Å²) >= 11 is 1.46. The van der Waals surface area contributed by atoms with Crippen LogP contribution >= 0.6 is 11.8 Å². The quantitative estimate of drug-likeness (QED) is 0.613. The van der Waals surface area contributed by atoms with Crippen LogP contribution in [0.5, 0.6) is 0 Å². The molecule has 0 aromatic carbocycles. The van der Waals surface area contributed by atoms with Crippen LogP contribution in [-0.2, 0) is 4.79 Å². The highest BCUT2D eigenvalue weighted by atomic mass is 32.2. The average molecular weight is 198 g/mol. The number of nitrogens with two attached hydrogens (primary N) is 1. The molecule has 72 valence electrons. The zero-order chi connectivity index (χ0) is 9.64. The normalized spacial score (nSPS) is 31.6. The lowest BCUT2D eigenvalue weighted by molar-refractivity contribution is -0.117. The minimum atomic E-state index is -0.122. The molecule has 1 aliphatic heterocycles. The topological polar surface area (TPSA) is 55.1 Å². The van der Waals surface area contributed by atoms with Gasteiger partial charge in [0.2, 0.25) is 0 Å². The van der Waals surface area contributed by atoms with Crippen molar-refractivity contribution >= 4 is 17.5 Å². The summed E-state index contributed by atoms with van der Waals surface area (Å²) in [6, 6.07) is 0. The van der Waals surface area contributed by atoms with E-state index < -0.39 is 0 Å². The van der Waals surface area contributed by atoms with Gasteiger partial charge in [0.1, 0.15) is 5.50 Å². The van der Waals surface area contributed by atoms with Crippen LogP contribution in [0, 0.1) is 5.41 Å². The minimum Gasteiger partial charge on any atom is -0.364 e. The third-order valence-corrected chi connectivity index (χ3v) is 3.46. The summed E-state index contributed by atoms with van der Waals surface area (Å²) < 4.78 is 0. The number of rotatable bonds is 0. The molecule has 1 aliphatic carbocycles. The fraction of sp³-hybridized carbons (Fsp3) is 0.667. The van der Waals surface area contributed by atoms with E-state index in [1.165, 1.54) is 11.8 Å². The molecular weight excluding hydrogens is 184 g/mol. The molecule has 1 heterocycles. The summed E-state index contributed by atoms with van der Waals surface area (Å²) in [5.74, 6) is 0.247. The van der Waals surface area contributed by atoms with E-state index in [9.17, 15) is 4.79 Å². The van der Waals surface area contributed by atoms with E-state index >= 15 is 0 Å². The molecule has 0 saturated heterocycles. The monoisotopic (exact) mass is 198 g/mol. The summed E-state index contributed by atoms with van der Waals surface area (Å²) in [5, 5.41) is 3.14. The van der Waals surface area contributed by atoms with Crippen molar-refractivity contribution in [3.8, 4) is 0 Å². The lowest BCUT2D eigenvalue weighted by Crippen LogP contribution is -2.31. The lowest BCUT2D eigenvalue weighted by Gasteiger charge is -2.28. The summed E-state index contributed by atoms with van der Waals surface area (Å²) in [4.78, 5) is 12.5. The maximum atomic E-state index is 11.7. The maximum absolute atomic E-state index is 11.7. The van der Waals surface area contributed by atoms with Gasteiger partial charge < -0.3 is 11.1 Å².